The van der Waals surface area contributed by atoms with Crippen molar-refractivity contribution in [1.82, 2.24) is 15.2 Å². The summed E-state index contributed by atoms with van der Waals surface area (Å²) < 4.78 is 4.93. The Morgan fingerprint density at radius 1 is 1.36 bits per heavy atom. The van der Waals surface area contributed by atoms with E-state index in [0.29, 0.717) is 23.8 Å². The fourth-order valence-corrected chi connectivity index (χ4v) is 2.92. The van der Waals surface area contributed by atoms with E-state index in [2.05, 4.69) is 15.6 Å². The molecule has 7 nitrogen and oxygen atoms in total. The first-order valence-corrected chi connectivity index (χ1v) is 7.89. The number of amides is 3. The SMILES string of the molecule is O=C(Nc1nccs1)NC1CCN(C(=O)c2ccoc2)CC1. The maximum atomic E-state index is 12.2. The number of nitrogens with one attached hydrogen (secondary N) is 2. The lowest BCUT2D eigenvalue weighted by atomic mass is 10.0. The largest absolute Gasteiger partial charge is 0.472 e. The molecular formula is C14H16N4O3S. The van der Waals surface area contributed by atoms with Crippen LogP contribution in [0.25, 0.3) is 0 Å². The molecule has 1 fully saturated rings. The van der Waals surface area contributed by atoms with Crippen molar-refractivity contribution in [3.63, 3.8) is 0 Å². The molecule has 116 valence electrons. The standard InChI is InChI=1S/C14H16N4O3S/c19-12(10-3-7-21-9-10)18-5-1-11(2-6-18)16-13(20)17-14-15-4-8-22-14/h3-4,7-9,11H,1-2,5-6H2,(H2,15,16,17,20). The van der Waals surface area contributed by atoms with Crippen LogP contribution in [0, 0.1) is 0 Å². The van der Waals surface area contributed by atoms with Gasteiger partial charge >= 0.3 is 6.03 Å². The third kappa shape index (κ3) is 3.45. The number of aromatic nitrogens is 1. The molecular weight excluding hydrogens is 304 g/mol. The second kappa shape index (κ2) is 6.61. The summed E-state index contributed by atoms with van der Waals surface area (Å²) in [6.07, 6.45) is 6.04. The minimum Gasteiger partial charge on any atom is -0.472 e. The fraction of sp³-hybridized carbons (Fsp3) is 0.357. The first-order valence-electron chi connectivity index (χ1n) is 7.01. The second-order valence-corrected chi connectivity index (χ2v) is 5.91. The van der Waals surface area contributed by atoms with Crippen molar-refractivity contribution in [1.29, 1.82) is 0 Å². The maximum Gasteiger partial charge on any atom is 0.321 e. The van der Waals surface area contributed by atoms with Crippen LogP contribution in [0.15, 0.2) is 34.6 Å². The minimum atomic E-state index is -0.255. The molecule has 2 N–H and O–H groups in total. The van der Waals surface area contributed by atoms with Crippen LogP contribution in [0.2, 0.25) is 0 Å². The van der Waals surface area contributed by atoms with Gasteiger partial charge in [-0.3, -0.25) is 10.1 Å². The predicted molar refractivity (Wildman–Crippen MR) is 81.9 cm³/mol. The van der Waals surface area contributed by atoms with Crippen molar-refractivity contribution >= 4 is 28.4 Å². The van der Waals surface area contributed by atoms with Crippen LogP contribution >= 0.6 is 11.3 Å². The number of carbonyl (C=O) groups excluding carboxylic acids is 2. The van der Waals surface area contributed by atoms with Gasteiger partial charge in [-0.15, -0.1) is 11.3 Å². The lowest BCUT2D eigenvalue weighted by Crippen LogP contribution is -2.47. The molecule has 3 rings (SSSR count). The van der Waals surface area contributed by atoms with Crippen LogP contribution in [0.3, 0.4) is 0 Å². The summed E-state index contributed by atoms with van der Waals surface area (Å²) in [5, 5.41) is 7.98. The van der Waals surface area contributed by atoms with E-state index < -0.39 is 0 Å². The lowest BCUT2D eigenvalue weighted by Gasteiger charge is -2.32. The molecule has 0 aromatic carbocycles. The quantitative estimate of drug-likeness (QED) is 0.907. The third-order valence-corrected chi connectivity index (χ3v) is 4.23. The molecule has 1 saturated heterocycles. The highest BCUT2D eigenvalue weighted by molar-refractivity contribution is 7.13. The summed E-state index contributed by atoms with van der Waals surface area (Å²) in [6.45, 7) is 1.23. The molecule has 3 amide bonds. The van der Waals surface area contributed by atoms with Gasteiger partial charge in [-0.25, -0.2) is 9.78 Å². The van der Waals surface area contributed by atoms with Gasteiger partial charge in [-0.1, -0.05) is 0 Å². The average molecular weight is 320 g/mol. The highest BCUT2D eigenvalue weighted by Crippen LogP contribution is 2.15. The van der Waals surface area contributed by atoms with Gasteiger partial charge in [0.1, 0.15) is 6.26 Å². The van der Waals surface area contributed by atoms with Crippen molar-refractivity contribution in [2.75, 3.05) is 18.4 Å². The molecule has 0 aliphatic carbocycles. The van der Waals surface area contributed by atoms with Crippen molar-refractivity contribution in [2.45, 2.75) is 18.9 Å². The molecule has 0 spiro atoms. The topological polar surface area (TPSA) is 87.5 Å². The first-order chi connectivity index (χ1) is 10.7. The van der Waals surface area contributed by atoms with Gasteiger partial charge in [-0.05, 0) is 18.9 Å². The van der Waals surface area contributed by atoms with E-state index >= 15 is 0 Å². The number of rotatable bonds is 3. The van der Waals surface area contributed by atoms with Gasteiger partial charge in [0.05, 0.1) is 11.8 Å². The molecule has 0 radical (unpaired) electrons. The zero-order valence-corrected chi connectivity index (χ0v) is 12.6. The number of nitrogens with zero attached hydrogens (tertiary/aromatic N) is 2. The number of hydrogen-bond acceptors (Lipinski definition) is 5. The zero-order valence-electron chi connectivity index (χ0n) is 11.8. The number of carbonyl (C=O) groups is 2. The Morgan fingerprint density at radius 2 is 2.18 bits per heavy atom. The number of likely N-dealkylation sites (tertiary alicyclic amines) is 1. The van der Waals surface area contributed by atoms with Gasteiger partial charge in [0.25, 0.3) is 5.91 Å². The minimum absolute atomic E-state index is 0.0283. The van der Waals surface area contributed by atoms with E-state index in [9.17, 15) is 9.59 Å². The fourth-order valence-electron chi connectivity index (χ4n) is 2.40. The smallest absolute Gasteiger partial charge is 0.321 e. The van der Waals surface area contributed by atoms with Gasteiger partial charge in [0, 0.05) is 30.7 Å². The number of hydrogen-bond donors (Lipinski definition) is 2. The Hall–Kier alpha value is -2.35. The summed E-state index contributed by atoms with van der Waals surface area (Å²) in [5.41, 5.74) is 0.563. The van der Waals surface area contributed by atoms with Crippen LogP contribution in [0.4, 0.5) is 9.93 Å². The van der Waals surface area contributed by atoms with E-state index in [1.807, 2.05) is 0 Å². The zero-order chi connectivity index (χ0) is 15.4. The maximum absolute atomic E-state index is 12.2. The highest BCUT2D eigenvalue weighted by Gasteiger charge is 2.25. The Kier molecular flexibility index (Phi) is 4.38. The van der Waals surface area contributed by atoms with Crippen LogP contribution in [0.1, 0.15) is 23.2 Å². The van der Waals surface area contributed by atoms with Crippen LogP contribution in [0.5, 0.6) is 0 Å². The highest BCUT2D eigenvalue weighted by atomic mass is 32.1. The first kappa shape index (κ1) is 14.6. The van der Waals surface area contributed by atoms with Gasteiger partial charge in [0.15, 0.2) is 5.13 Å². The molecule has 0 unspecified atom stereocenters. The summed E-state index contributed by atoms with van der Waals surface area (Å²) in [7, 11) is 0. The Labute approximate surface area is 131 Å². The summed E-state index contributed by atoms with van der Waals surface area (Å²) in [5.74, 6) is -0.0283. The molecule has 3 heterocycles. The lowest BCUT2D eigenvalue weighted by molar-refractivity contribution is 0.0708. The Morgan fingerprint density at radius 3 is 2.82 bits per heavy atom. The number of anilines is 1. The molecule has 0 saturated carbocycles. The van der Waals surface area contributed by atoms with Gasteiger partial charge in [-0.2, -0.15) is 0 Å². The molecule has 8 heteroatoms. The number of piperidine rings is 1. The monoisotopic (exact) mass is 320 g/mol. The van der Waals surface area contributed by atoms with Crippen molar-refractivity contribution in [3.05, 3.63) is 35.7 Å². The van der Waals surface area contributed by atoms with Crippen molar-refractivity contribution in [2.24, 2.45) is 0 Å². The molecule has 0 atom stereocenters. The number of thiazole rings is 1. The molecule has 2 aromatic rings. The molecule has 22 heavy (non-hydrogen) atoms. The predicted octanol–water partition coefficient (Wildman–Crippen LogP) is 2.16. The molecule has 1 aliphatic heterocycles. The molecule has 0 bridgehead atoms. The normalized spacial score (nSPS) is 15.5. The van der Waals surface area contributed by atoms with E-state index in [-0.39, 0.29) is 18.0 Å². The van der Waals surface area contributed by atoms with Crippen LogP contribution in [-0.2, 0) is 0 Å². The van der Waals surface area contributed by atoms with E-state index in [1.165, 1.54) is 23.9 Å². The van der Waals surface area contributed by atoms with E-state index in [4.69, 9.17) is 4.42 Å². The van der Waals surface area contributed by atoms with Crippen molar-refractivity contribution < 1.29 is 14.0 Å². The third-order valence-electron chi connectivity index (χ3n) is 3.54. The molecule has 1 aliphatic rings. The summed E-state index contributed by atoms with van der Waals surface area (Å²) in [6, 6.07) is 1.47. The molecule has 2 aromatic heterocycles. The van der Waals surface area contributed by atoms with E-state index in [1.54, 1.807) is 22.5 Å². The van der Waals surface area contributed by atoms with Crippen LogP contribution in [-0.4, -0.2) is 41.0 Å². The summed E-state index contributed by atoms with van der Waals surface area (Å²) in [4.78, 5) is 29.8. The Balaban J connectivity index is 1.45. The summed E-state index contributed by atoms with van der Waals surface area (Å²) >= 11 is 1.37. The van der Waals surface area contributed by atoms with Crippen LogP contribution < -0.4 is 10.6 Å². The number of furan rings is 1. The number of urea groups is 1. The second-order valence-electron chi connectivity index (χ2n) is 5.01. The Bertz CT molecular complexity index is 619. The average Bonchev–Trinajstić information content (AvgIpc) is 3.20. The van der Waals surface area contributed by atoms with Gasteiger partial charge < -0.3 is 14.6 Å². The van der Waals surface area contributed by atoms with E-state index in [0.717, 1.165) is 12.8 Å². The van der Waals surface area contributed by atoms with Gasteiger partial charge in [0.2, 0.25) is 0 Å². The van der Waals surface area contributed by atoms with Crippen molar-refractivity contribution in [3.8, 4) is 0 Å².